The molecule has 1 aliphatic carbocycles. The van der Waals surface area contributed by atoms with Crippen molar-refractivity contribution in [3.8, 4) is 0 Å². The van der Waals surface area contributed by atoms with Gasteiger partial charge in [-0.05, 0) is 12.8 Å². The summed E-state index contributed by atoms with van der Waals surface area (Å²) in [7, 11) is 1.80. The first kappa shape index (κ1) is 13.8. The fraction of sp³-hybridized carbons (Fsp3) is 0.571. The molecule has 1 aromatic rings. The molecule has 0 unspecified atom stereocenters. The van der Waals surface area contributed by atoms with Gasteiger partial charge in [-0.25, -0.2) is 9.78 Å². The maximum absolute atomic E-state index is 12.8. The second kappa shape index (κ2) is 4.98. The highest BCUT2D eigenvalue weighted by Crippen LogP contribution is 2.40. The van der Waals surface area contributed by atoms with E-state index in [1.54, 1.807) is 24.0 Å². The minimum atomic E-state index is -1.06. The van der Waals surface area contributed by atoms with Gasteiger partial charge < -0.3 is 4.57 Å². The molecule has 3 rings (SSSR count). The summed E-state index contributed by atoms with van der Waals surface area (Å²) in [4.78, 5) is 42.2. The van der Waals surface area contributed by atoms with Crippen LogP contribution in [-0.4, -0.2) is 32.3 Å². The molecule has 2 fully saturated rings. The van der Waals surface area contributed by atoms with E-state index < -0.39 is 17.4 Å². The molecule has 1 saturated heterocycles. The first-order valence-electron chi connectivity index (χ1n) is 7.18. The summed E-state index contributed by atoms with van der Waals surface area (Å²) in [6.45, 7) is 0.0865. The minimum absolute atomic E-state index is 0.0865. The maximum Gasteiger partial charge on any atom is 0.331 e. The molecule has 112 valence electrons. The van der Waals surface area contributed by atoms with Gasteiger partial charge in [-0.3, -0.25) is 19.8 Å². The fourth-order valence-corrected chi connectivity index (χ4v) is 3.16. The van der Waals surface area contributed by atoms with E-state index in [-0.39, 0.29) is 12.5 Å². The van der Waals surface area contributed by atoms with Crippen LogP contribution in [0.5, 0.6) is 0 Å². The van der Waals surface area contributed by atoms with Gasteiger partial charge in [-0.2, -0.15) is 0 Å². The van der Waals surface area contributed by atoms with Crippen molar-refractivity contribution in [2.75, 3.05) is 0 Å². The number of nitrogens with one attached hydrogen (secondary N) is 1. The Bertz CT molecular complexity index is 601. The van der Waals surface area contributed by atoms with Crippen LogP contribution in [0.2, 0.25) is 0 Å². The van der Waals surface area contributed by atoms with E-state index in [9.17, 15) is 14.4 Å². The number of hydrogen-bond donors (Lipinski definition) is 1. The standard InChI is InChI=1S/C14H18N4O3/c1-17-8-7-15-10(17)9-18-12(20)14(5-3-2-4-6-14)11(19)16-13(18)21/h7-8H,2-6,9H2,1H3,(H,16,19,21). The van der Waals surface area contributed by atoms with Gasteiger partial charge in [-0.1, -0.05) is 19.3 Å². The third-order valence-corrected chi connectivity index (χ3v) is 4.48. The second-order valence-corrected chi connectivity index (χ2v) is 5.75. The van der Waals surface area contributed by atoms with Crippen molar-refractivity contribution in [3.63, 3.8) is 0 Å². The summed E-state index contributed by atoms with van der Waals surface area (Å²) in [5.41, 5.74) is -1.06. The van der Waals surface area contributed by atoms with Gasteiger partial charge in [0.15, 0.2) is 0 Å². The number of carbonyl (C=O) groups is 3. The van der Waals surface area contributed by atoms with Gasteiger partial charge in [0.05, 0.1) is 6.54 Å². The van der Waals surface area contributed by atoms with Crippen molar-refractivity contribution in [2.45, 2.75) is 38.6 Å². The summed E-state index contributed by atoms with van der Waals surface area (Å²) in [5.74, 6) is -0.203. The van der Waals surface area contributed by atoms with E-state index in [4.69, 9.17) is 0 Å². The second-order valence-electron chi connectivity index (χ2n) is 5.75. The molecule has 0 aromatic carbocycles. The molecule has 0 bridgehead atoms. The molecule has 1 spiro atoms. The highest BCUT2D eigenvalue weighted by Gasteiger charge is 2.53. The number of aryl methyl sites for hydroxylation is 1. The van der Waals surface area contributed by atoms with Crippen LogP contribution in [0.4, 0.5) is 4.79 Å². The lowest BCUT2D eigenvalue weighted by molar-refractivity contribution is -0.154. The molecule has 1 aromatic heterocycles. The van der Waals surface area contributed by atoms with Crippen molar-refractivity contribution in [1.82, 2.24) is 19.8 Å². The van der Waals surface area contributed by atoms with E-state index in [1.807, 2.05) is 0 Å². The lowest BCUT2D eigenvalue weighted by Crippen LogP contribution is -2.64. The molecule has 1 aliphatic heterocycles. The van der Waals surface area contributed by atoms with Crippen LogP contribution in [0.1, 0.15) is 37.9 Å². The SMILES string of the molecule is Cn1ccnc1CN1C(=O)NC(=O)C2(CCCCC2)C1=O. The van der Waals surface area contributed by atoms with Crippen LogP contribution >= 0.6 is 0 Å². The van der Waals surface area contributed by atoms with E-state index in [0.717, 1.165) is 24.2 Å². The minimum Gasteiger partial charge on any atom is -0.337 e. The normalized spacial score (nSPS) is 21.8. The van der Waals surface area contributed by atoms with E-state index >= 15 is 0 Å². The molecule has 0 atom stereocenters. The van der Waals surface area contributed by atoms with Crippen molar-refractivity contribution < 1.29 is 14.4 Å². The van der Waals surface area contributed by atoms with Crippen molar-refractivity contribution in [3.05, 3.63) is 18.2 Å². The summed E-state index contributed by atoms with van der Waals surface area (Å²) >= 11 is 0. The van der Waals surface area contributed by atoms with E-state index in [0.29, 0.717) is 18.7 Å². The number of carbonyl (C=O) groups excluding carboxylic acids is 3. The first-order valence-corrected chi connectivity index (χ1v) is 7.18. The number of hydrogen-bond acceptors (Lipinski definition) is 4. The Morgan fingerprint density at radius 1 is 1.24 bits per heavy atom. The van der Waals surface area contributed by atoms with Crippen molar-refractivity contribution >= 4 is 17.8 Å². The number of imide groups is 2. The molecular weight excluding hydrogens is 272 g/mol. The fourth-order valence-electron chi connectivity index (χ4n) is 3.16. The van der Waals surface area contributed by atoms with Gasteiger partial charge in [0.25, 0.3) is 0 Å². The highest BCUT2D eigenvalue weighted by molar-refractivity contribution is 6.19. The Balaban J connectivity index is 1.89. The van der Waals surface area contributed by atoms with Gasteiger partial charge in [0, 0.05) is 19.4 Å². The van der Waals surface area contributed by atoms with Crippen LogP contribution in [0, 0.1) is 5.41 Å². The third kappa shape index (κ3) is 2.12. The summed E-state index contributed by atoms with van der Waals surface area (Å²) in [6, 6.07) is -0.649. The van der Waals surface area contributed by atoms with Crippen molar-refractivity contribution in [2.24, 2.45) is 12.5 Å². The Hall–Kier alpha value is -2.18. The largest absolute Gasteiger partial charge is 0.337 e. The van der Waals surface area contributed by atoms with Crippen LogP contribution in [0.25, 0.3) is 0 Å². The third-order valence-electron chi connectivity index (χ3n) is 4.48. The van der Waals surface area contributed by atoms with Crippen LogP contribution in [0.3, 0.4) is 0 Å². The predicted molar refractivity (Wildman–Crippen MR) is 72.8 cm³/mol. The molecule has 1 N–H and O–H groups in total. The number of rotatable bonds is 2. The highest BCUT2D eigenvalue weighted by atomic mass is 16.2. The summed E-state index contributed by atoms with van der Waals surface area (Å²) in [6.07, 6.45) is 7.10. The lowest BCUT2D eigenvalue weighted by Gasteiger charge is -2.41. The quantitative estimate of drug-likeness (QED) is 0.822. The number of amides is 4. The zero-order chi connectivity index (χ0) is 15.0. The van der Waals surface area contributed by atoms with Gasteiger partial charge in [-0.15, -0.1) is 0 Å². The first-order chi connectivity index (χ1) is 10.0. The zero-order valence-electron chi connectivity index (χ0n) is 12.0. The molecule has 0 radical (unpaired) electrons. The van der Waals surface area contributed by atoms with E-state index in [2.05, 4.69) is 10.3 Å². The number of barbiturate groups is 1. The average molecular weight is 290 g/mol. The zero-order valence-corrected chi connectivity index (χ0v) is 12.0. The van der Waals surface area contributed by atoms with Gasteiger partial charge in [0.1, 0.15) is 11.2 Å². The van der Waals surface area contributed by atoms with E-state index in [1.165, 1.54) is 0 Å². The summed E-state index contributed by atoms with van der Waals surface area (Å²) in [5, 5.41) is 2.34. The van der Waals surface area contributed by atoms with Crippen LogP contribution in [-0.2, 0) is 23.2 Å². The Kier molecular flexibility index (Phi) is 3.27. The number of aromatic nitrogens is 2. The van der Waals surface area contributed by atoms with Crippen LogP contribution < -0.4 is 5.32 Å². The predicted octanol–water partition coefficient (Wildman–Crippen LogP) is 0.949. The smallest absolute Gasteiger partial charge is 0.331 e. The molecule has 4 amide bonds. The number of imidazole rings is 1. The molecule has 7 heteroatoms. The molecule has 2 aliphatic rings. The maximum atomic E-state index is 12.8. The molecule has 21 heavy (non-hydrogen) atoms. The average Bonchev–Trinajstić information content (AvgIpc) is 2.88. The molecule has 1 saturated carbocycles. The number of nitrogens with zero attached hydrogens (tertiary/aromatic N) is 3. The summed E-state index contributed by atoms with van der Waals surface area (Å²) < 4.78 is 1.75. The van der Waals surface area contributed by atoms with Gasteiger partial charge >= 0.3 is 6.03 Å². The number of urea groups is 1. The Morgan fingerprint density at radius 3 is 2.57 bits per heavy atom. The monoisotopic (exact) mass is 290 g/mol. The van der Waals surface area contributed by atoms with Gasteiger partial charge in [0.2, 0.25) is 11.8 Å². The Morgan fingerprint density at radius 2 is 1.95 bits per heavy atom. The molecular formula is C14H18N4O3. The lowest BCUT2D eigenvalue weighted by atomic mass is 9.71. The topological polar surface area (TPSA) is 84.3 Å². The molecule has 2 heterocycles. The van der Waals surface area contributed by atoms with Crippen molar-refractivity contribution in [1.29, 1.82) is 0 Å². The Labute approximate surface area is 122 Å². The molecule has 7 nitrogen and oxygen atoms in total. The van der Waals surface area contributed by atoms with Crippen LogP contribution in [0.15, 0.2) is 12.4 Å².